The fraction of sp³-hybridized carbons (Fsp3) is 0.500. The number of benzene rings is 1. The standard InChI is InChI=1S/C14H15ClF2O4/c1-7-5-10(7)21-11-6-8(3-4-9(11)15)14(16,17)12(18)13(19)20-2/h3-4,6-7,10,12,18H,5H2,1-2H3. The van der Waals surface area contributed by atoms with Crippen molar-refractivity contribution in [2.75, 3.05) is 7.11 Å². The van der Waals surface area contributed by atoms with Crippen LogP contribution in [-0.2, 0) is 15.5 Å². The summed E-state index contributed by atoms with van der Waals surface area (Å²) >= 11 is 5.91. The highest BCUT2D eigenvalue weighted by Gasteiger charge is 2.46. The zero-order valence-corrected chi connectivity index (χ0v) is 12.2. The Morgan fingerprint density at radius 2 is 2.14 bits per heavy atom. The number of halogens is 3. The van der Waals surface area contributed by atoms with Gasteiger partial charge >= 0.3 is 11.9 Å². The van der Waals surface area contributed by atoms with Gasteiger partial charge in [-0.2, -0.15) is 8.78 Å². The maximum absolute atomic E-state index is 14.1. The third-order valence-electron chi connectivity index (χ3n) is 3.40. The van der Waals surface area contributed by atoms with Crippen molar-refractivity contribution in [1.82, 2.24) is 0 Å². The van der Waals surface area contributed by atoms with Crippen molar-refractivity contribution in [2.45, 2.75) is 31.5 Å². The van der Waals surface area contributed by atoms with E-state index in [-0.39, 0.29) is 16.9 Å². The van der Waals surface area contributed by atoms with E-state index < -0.39 is 23.6 Å². The molecule has 21 heavy (non-hydrogen) atoms. The maximum Gasteiger partial charge on any atom is 0.341 e. The second-order valence-corrected chi connectivity index (χ2v) is 5.47. The second-order valence-electron chi connectivity index (χ2n) is 5.06. The molecular weight excluding hydrogens is 306 g/mol. The predicted molar refractivity (Wildman–Crippen MR) is 71.6 cm³/mol. The van der Waals surface area contributed by atoms with Crippen molar-refractivity contribution in [3.05, 3.63) is 28.8 Å². The van der Waals surface area contributed by atoms with Crippen LogP contribution in [0.5, 0.6) is 5.75 Å². The molecule has 0 saturated heterocycles. The zero-order valence-electron chi connectivity index (χ0n) is 11.5. The Bertz CT molecular complexity index is 550. The van der Waals surface area contributed by atoms with Crippen molar-refractivity contribution < 1.29 is 28.2 Å². The average Bonchev–Trinajstić information content (AvgIpc) is 3.14. The van der Waals surface area contributed by atoms with Crippen molar-refractivity contribution in [3.63, 3.8) is 0 Å². The minimum atomic E-state index is -3.80. The largest absolute Gasteiger partial charge is 0.489 e. The highest BCUT2D eigenvalue weighted by Crippen LogP contribution is 2.40. The van der Waals surface area contributed by atoms with E-state index in [9.17, 15) is 18.7 Å². The molecule has 2 rings (SSSR count). The molecule has 1 aliphatic rings. The van der Waals surface area contributed by atoms with E-state index >= 15 is 0 Å². The van der Waals surface area contributed by atoms with E-state index in [4.69, 9.17) is 16.3 Å². The van der Waals surface area contributed by atoms with E-state index in [1.165, 1.54) is 6.07 Å². The van der Waals surface area contributed by atoms with Crippen LogP contribution in [0.3, 0.4) is 0 Å². The number of rotatable bonds is 5. The molecule has 0 spiro atoms. The lowest BCUT2D eigenvalue weighted by Gasteiger charge is -2.21. The SMILES string of the molecule is COC(=O)C(O)C(F)(F)c1ccc(Cl)c(OC2CC2C)c1. The molecule has 7 heteroatoms. The lowest BCUT2D eigenvalue weighted by molar-refractivity contribution is -0.176. The molecule has 116 valence electrons. The Morgan fingerprint density at radius 3 is 2.67 bits per heavy atom. The molecule has 1 fully saturated rings. The third-order valence-corrected chi connectivity index (χ3v) is 3.71. The Morgan fingerprint density at radius 1 is 1.52 bits per heavy atom. The van der Waals surface area contributed by atoms with Crippen LogP contribution >= 0.6 is 11.6 Å². The van der Waals surface area contributed by atoms with Gasteiger partial charge in [-0.25, -0.2) is 4.79 Å². The molecule has 4 nitrogen and oxygen atoms in total. The van der Waals surface area contributed by atoms with Crippen LogP contribution in [0.4, 0.5) is 8.78 Å². The van der Waals surface area contributed by atoms with Gasteiger partial charge in [0.25, 0.3) is 0 Å². The van der Waals surface area contributed by atoms with Crippen LogP contribution in [0, 0.1) is 5.92 Å². The van der Waals surface area contributed by atoms with Crippen molar-refractivity contribution in [1.29, 1.82) is 0 Å². The zero-order chi connectivity index (χ0) is 15.8. The first kappa shape index (κ1) is 16.0. The summed E-state index contributed by atoms with van der Waals surface area (Å²) < 4.78 is 37.8. The van der Waals surface area contributed by atoms with Gasteiger partial charge in [-0.05, 0) is 24.5 Å². The molecule has 1 saturated carbocycles. The molecular formula is C14H15ClF2O4. The quantitative estimate of drug-likeness (QED) is 0.848. The summed E-state index contributed by atoms with van der Waals surface area (Å²) in [6, 6.07) is 3.33. The molecule has 1 aromatic rings. The predicted octanol–water partition coefficient (Wildman–Crippen LogP) is 2.75. The molecule has 0 heterocycles. The van der Waals surface area contributed by atoms with E-state index in [2.05, 4.69) is 4.74 Å². The number of hydrogen-bond donors (Lipinski definition) is 1. The smallest absolute Gasteiger partial charge is 0.341 e. The molecule has 1 N–H and O–H groups in total. The summed E-state index contributed by atoms with van der Waals surface area (Å²) in [4.78, 5) is 11.1. The highest BCUT2D eigenvalue weighted by atomic mass is 35.5. The van der Waals surface area contributed by atoms with E-state index in [1.807, 2.05) is 6.92 Å². The molecule has 1 aliphatic carbocycles. The maximum atomic E-state index is 14.1. The van der Waals surface area contributed by atoms with Gasteiger partial charge in [0.1, 0.15) is 11.9 Å². The van der Waals surface area contributed by atoms with Gasteiger partial charge in [-0.15, -0.1) is 0 Å². The van der Waals surface area contributed by atoms with Crippen LogP contribution < -0.4 is 4.74 Å². The van der Waals surface area contributed by atoms with Gasteiger partial charge < -0.3 is 14.6 Å². The number of aliphatic hydroxyl groups excluding tert-OH is 1. The number of hydrogen-bond acceptors (Lipinski definition) is 4. The van der Waals surface area contributed by atoms with Gasteiger partial charge in [0.15, 0.2) is 0 Å². The van der Waals surface area contributed by atoms with Gasteiger partial charge in [-0.3, -0.25) is 0 Å². The van der Waals surface area contributed by atoms with Gasteiger partial charge in [0.05, 0.1) is 12.1 Å². The Hall–Kier alpha value is -1.40. The average molecular weight is 321 g/mol. The van der Waals surface area contributed by atoms with E-state index in [1.54, 1.807) is 0 Å². The first-order valence-electron chi connectivity index (χ1n) is 6.37. The monoisotopic (exact) mass is 320 g/mol. The van der Waals surface area contributed by atoms with Crippen molar-refractivity contribution >= 4 is 17.6 Å². The molecule has 0 radical (unpaired) electrons. The lowest BCUT2D eigenvalue weighted by Crippen LogP contribution is -2.38. The van der Waals surface area contributed by atoms with Gasteiger partial charge in [0.2, 0.25) is 6.10 Å². The second kappa shape index (κ2) is 5.77. The fourth-order valence-electron chi connectivity index (χ4n) is 1.83. The molecule has 0 bridgehead atoms. The number of alkyl halides is 2. The number of aliphatic hydroxyl groups is 1. The topological polar surface area (TPSA) is 55.8 Å². The minimum Gasteiger partial charge on any atom is -0.489 e. The number of carbonyl (C=O) groups excluding carboxylic acids is 1. The summed E-state index contributed by atoms with van der Waals surface area (Å²) in [5, 5.41) is 9.59. The molecule has 3 atom stereocenters. The molecule has 0 aliphatic heterocycles. The van der Waals surface area contributed by atoms with Crippen LogP contribution in [0.15, 0.2) is 18.2 Å². The van der Waals surface area contributed by atoms with Crippen molar-refractivity contribution in [2.24, 2.45) is 5.92 Å². The number of carbonyl (C=O) groups is 1. The Balaban J connectivity index is 2.26. The molecule has 0 amide bonds. The van der Waals surface area contributed by atoms with Crippen LogP contribution in [0.1, 0.15) is 18.9 Å². The Kier molecular flexibility index (Phi) is 4.39. The van der Waals surface area contributed by atoms with Crippen molar-refractivity contribution in [3.8, 4) is 5.75 Å². The number of esters is 1. The van der Waals surface area contributed by atoms with Gasteiger partial charge in [0, 0.05) is 5.56 Å². The summed E-state index contributed by atoms with van der Waals surface area (Å²) in [5.74, 6) is -4.75. The molecule has 1 aromatic carbocycles. The summed E-state index contributed by atoms with van der Waals surface area (Å²) in [5.41, 5.74) is -0.562. The van der Waals surface area contributed by atoms with Crippen LogP contribution in [0.2, 0.25) is 5.02 Å². The fourth-order valence-corrected chi connectivity index (χ4v) is 2.00. The highest BCUT2D eigenvalue weighted by molar-refractivity contribution is 6.32. The third kappa shape index (κ3) is 3.27. The summed E-state index contributed by atoms with van der Waals surface area (Å²) in [7, 11) is 0.923. The van der Waals surface area contributed by atoms with E-state index in [0.717, 1.165) is 25.7 Å². The first-order valence-corrected chi connectivity index (χ1v) is 6.75. The Labute approximate surface area is 125 Å². The summed E-state index contributed by atoms with van der Waals surface area (Å²) in [6.45, 7) is 1.97. The van der Waals surface area contributed by atoms with Crippen LogP contribution in [0.25, 0.3) is 0 Å². The first-order chi connectivity index (χ1) is 9.77. The normalized spacial score (nSPS) is 22.6. The van der Waals surface area contributed by atoms with Crippen LogP contribution in [-0.4, -0.2) is 30.4 Å². The van der Waals surface area contributed by atoms with E-state index in [0.29, 0.717) is 5.92 Å². The molecule has 0 aromatic heterocycles. The lowest BCUT2D eigenvalue weighted by atomic mass is 10.0. The number of methoxy groups -OCH3 is 1. The summed E-state index contributed by atoms with van der Waals surface area (Å²) in [6.07, 6.45) is -1.80. The molecule has 3 unspecified atom stereocenters. The number of ether oxygens (including phenoxy) is 2. The minimum absolute atomic E-state index is 0.0445. The van der Waals surface area contributed by atoms with Gasteiger partial charge in [-0.1, -0.05) is 24.6 Å².